The molecule has 0 aliphatic rings. The van der Waals surface area contributed by atoms with Crippen molar-refractivity contribution in [1.82, 2.24) is 0 Å². The maximum atomic E-state index is 7.76. The first-order valence-electron chi connectivity index (χ1n) is 1.82. The zero-order valence-electron chi connectivity index (χ0n) is 4.93. The van der Waals surface area contributed by atoms with E-state index >= 15 is 0 Å². The van der Waals surface area contributed by atoms with Crippen LogP contribution in [0, 0.1) is 11.5 Å². The second-order valence-electron chi connectivity index (χ2n) is 1.26. The van der Waals surface area contributed by atoms with Gasteiger partial charge in [0.1, 0.15) is 6.10 Å². The predicted molar refractivity (Wildman–Crippen MR) is 27.6 cm³/mol. The molecule has 0 heterocycles. The fourth-order valence-electron chi connectivity index (χ4n) is 0.105. The molecular weight excluding hydrogens is 85.0 g/mol. The average Bonchev–Trinajstić information content (AvgIpc) is 1.35. The minimum atomic E-state index is 0. The van der Waals surface area contributed by atoms with E-state index in [-0.39, 0.29) is 25.0 Å². The van der Waals surface area contributed by atoms with Crippen molar-refractivity contribution in [1.29, 1.82) is 5.26 Å². The third-order valence-electron chi connectivity index (χ3n) is 0.288. The molecule has 0 rings (SSSR count). The van der Waals surface area contributed by atoms with Crippen molar-refractivity contribution in [2.45, 2.75) is 20.0 Å². The summed E-state index contributed by atoms with van der Waals surface area (Å²) in [5, 5.41) is 7.76. The molecule has 0 unspecified atom stereocenters. The Morgan fingerprint density at radius 1 is 1.57 bits per heavy atom. The average molecular weight is 92.0 g/mol. The van der Waals surface area contributed by atoms with Gasteiger partial charge in [-0.25, -0.2) is 0 Å². The van der Waals surface area contributed by atoms with Gasteiger partial charge in [-0.1, -0.05) is 0 Å². The topological polar surface area (TPSA) is 33.0 Å². The van der Waals surface area contributed by atoms with Crippen LogP contribution < -0.4 is 0 Å². The molecule has 0 aromatic carbocycles. The second kappa shape index (κ2) is 5.89. The maximum absolute atomic E-state index is 7.76. The Morgan fingerprint density at radius 2 is 2.00 bits per heavy atom. The van der Waals surface area contributed by atoms with E-state index < -0.39 is 0 Å². The SMILES string of the molecule is CC(C)OC#N.[Li]. The third kappa shape index (κ3) is 10.7. The van der Waals surface area contributed by atoms with Crippen molar-refractivity contribution in [2.75, 3.05) is 0 Å². The van der Waals surface area contributed by atoms with Gasteiger partial charge in [0.05, 0.1) is 0 Å². The van der Waals surface area contributed by atoms with Crippen LogP contribution in [0.5, 0.6) is 0 Å². The smallest absolute Gasteiger partial charge is 0.286 e. The van der Waals surface area contributed by atoms with E-state index in [0.717, 1.165) is 0 Å². The Hall–Kier alpha value is -0.113. The van der Waals surface area contributed by atoms with Crippen molar-refractivity contribution in [3.63, 3.8) is 0 Å². The molecule has 0 saturated heterocycles. The number of hydrogen-bond donors (Lipinski definition) is 0. The third-order valence-corrected chi connectivity index (χ3v) is 0.288. The summed E-state index contributed by atoms with van der Waals surface area (Å²) < 4.78 is 4.35. The van der Waals surface area contributed by atoms with Crippen molar-refractivity contribution in [3.05, 3.63) is 0 Å². The normalized spacial score (nSPS) is 6.57. The quantitative estimate of drug-likeness (QED) is 0.348. The standard InChI is InChI=1S/C4H7NO.Li/c1-4(2)6-3-5;/h4H,1-2H3;. The molecule has 0 atom stereocenters. The summed E-state index contributed by atoms with van der Waals surface area (Å²) in [6.45, 7) is 3.62. The Kier molecular flexibility index (Phi) is 8.41. The van der Waals surface area contributed by atoms with Crippen molar-refractivity contribution in [3.8, 4) is 6.26 Å². The van der Waals surface area contributed by atoms with E-state index in [1.165, 1.54) is 0 Å². The molecule has 0 spiro atoms. The van der Waals surface area contributed by atoms with Crippen LogP contribution in [0.4, 0.5) is 0 Å². The van der Waals surface area contributed by atoms with Gasteiger partial charge in [-0.3, -0.25) is 0 Å². The van der Waals surface area contributed by atoms with Gasteiger partial charge in [0.15, 0.2) is 0 Å². The molecule has 3 heteroatoms. The Bertz CT molecular complexity index is 66.6. The minimum absolute atomic E-state index is 0. The molecule has 0 amide bonds. The molecule has 1 radical (unpaired) electrons. The van der Waals surface area contributed by atoms with Crippen LogP contribution in [0.3, 0.4) is 0 Å². The number of ether oxygens (including phenoxy) is 1. The molecule has 0 bridgehead atoms. The van der Waals surface area contributed by atoms with E-state index in [2.05, 4.69) is 4.74 Å². The van der Waals surface area contributed by atoms with Gasteiger partial charge in [-0.2, -0.15) is 5.26 Å². The number of nitrogens with zero attached hydrogens (tertiary/aromatic N) is 1. The predicted octanol–water partition coefficient (Wildman–Crippen LogP) is 0.512. The molecule has 0 aromatic rings. The van der Waals surface area contributed by atoms with Gasteiger partial charge < -0.3 is 4.74 Å². The van der Waals surface area contributed by atoms with Crippen molar-refractivity contribution >= 4 is 18.9 Å². The fraction of sp³-hybridized carbons (Fsp3) is 0.750. The van der Waals surface area contributed by atoms with E-state index in [0.29, 0.717) is 0 Å². The summed E-state index contributed by atoms with van der Waals surface area (Å²) in [7, 11) is 0. The molecule has 0 aromatic heterocycles. The molecule has 0 saturated carbocycles. The second-order valence-corrected chi connectivity index (χ2v) is 1.26. The number of hydrogen-bond acceptors (Lipinski definition) is 2. The Balaban J connectivity index is 0. The van der Waals surface area contributed by atoms with Crippen molar-refractivity contribution < 1.29 is 4.74 Å². The summed E-state index contributed by atoms with van der Waals surface area (Å²) in [6.07, 6.45) is 1.60. The minimum Gasteiger partial charge on any atom is -0.425 e. The van der Waals surface area contributed by atoms with E-state index in [1.807, 2.05) is 13.8 Å². The van der Waals surface area contributed by atoms with E-state index in [4.69, 9.17) is 5.26 Å². The molecule has 0 aliphatic heterocycles. The molecule has 0 fully saturated rings. The van der Waals surface area contributed by atoms with Crippen LogP contribution in [0.1, 0.15) is 13.8 Å². The molecule has 0 N–H and O–H groups in total. The van der Waals surface area contributed by atoms with E-state index in [1.54, 1.807) is 6.26 Å². The first-order valence-corrected chi connectivity index (χ1v) is 1.82. The van der Waals surface area contributed by atoms with Crippen LogP contribution in [0.25, 0.3) is 0 Å². The number of rotatable bonds is 1. The zero-order valence-corrected chi connectivity index (χ0v) is 4.93. The fourth-order valence-corrected chi connectivity index (χ4v) is 0.105. The van der Waals surface area contributed by atoms with Gasteiger partial charge in [0, 0.05) is 18.9 Å². The van der Waals surface area contributed by atoms with Crippen LogP contribution in [0.2, 0.25) is 0 Å². The van der Waals surface area contributed by atoms with Gasteiger partial charge >= 0.3 is 0 Å². The van der Waals surface area contributed by atoms with Gasteiger partial charge in [0.25, 0.3) is 6.26 Å². The first-order chi connectivity index (χ1) is 2.77. The van der Waals surface area contributed by atoms with Crippen LogP contribution in [-0.4, -0.2) is 25.0 Å². The van der Waals surface area contributed by atoms with Crippen LogP contribution in [0.15, 0.2) is 0 Å². The van der Waals surface area contributed by atoms with Gasteiger partial charge in [0.2, 0.25) is 0 Å². The maximum Gasteiger partial charge on any atom is 0.286 e. The monoisotopic (exact) mass is 92.1 g/mol. The molecular formula is C4H7LiNO. The van der Waals surface area contributed by atoms with Crippen LogP contribution in [-0.2, 0) is 4.74 Å². The Labute approximate surface area is 55.6 Å². The first kappa shape index (κ1) is 9.99. The summed E-state index contributed by atoms with van der Waals surface area (Å²) in [5.74, 6) is 0. The summed E-state index contributed by atoms with van der Waals surface area (Å²) in [6, 6.07) is 0. The molecule has 35 valence electrons. The Morgan fingerprint density at radius 3 is 2.00 bits per heavy atom. The summed E-state index contributed by atoms with van der Waals surface area (Å²) >= 11 is 0. The molecule has 0 aliphatic carbocycles. The van der Waals surface area contributed by atoms with Gasteiger partial charge in [-0.05, 0) is 13.8 Å². The zero-order chi connectivity index (χ0) is 4.99. The number of nitriles is 1. The molecule has 2 nitrogen and oxygen atoms in total. The van der Waals surface area contributed by atoms with Gasteiger partial charge in [-0.15, -0.1) is 0 Å². The van der Waals surface area contributed by atoms with Crippen LogP contribution >= 0.6 is 0 Å². The summed E-state index contributed by atoms with van der Waals surface area (Å²) in [5.41, 5.74) is 0. The summed E-state index contributed by atoms with van der Waals surface area (Å²) in [4.78, 5) is 0. The van der Waals surface area contributed by atoms with E-state index in [9.17, 15) is 0 Å². The largest absolute Gasteiger partial charge is 0.425 e. The molecule has 7 heavy (non-hydrogen) atoms. The van der Waals surface area contributed by atoms with Crippen molar-refractivity contribution in [2.24, 2.45) is 0 Å².